The summed E-state index contributed by atoms with van der Waals surface area (Å²) in [6.07, 6.45) is 0.218. The average molecular weight is 280 g/mol. The molecule has 0 unspecified atom stereocenters. The Labute approximate surface area is 120 Å². The van der Waals surface area contributed by atoms with E-state index in [9.17, 15) is 4.79 Å². The molecule has 0 radical (unpaired) electrons. The highest BCUT2D eigenvalue weighted by Gasteiger charge is 2.07. The van der Waals surface area contributed by atoms with Crippen LogP contribution in [0.25, 0.3) is 0 Å². The second-order valence-corrected chi connectivity index (χ2v) is 4.95. The van der Waals surface area contributed by atoms with Crippen molar-refractivity contribution in [2.45, 2.75) is 39.5 Å². The van der Waals surface area contributed by atoms with Gasteiger partial charge in [-0.2, -0.15) is 0 Å². The van der Waals surface area contributed by atoms with Crippen LogP contribution in [0.2, 0.25) is 0 Å². The van der Waals surface area contributed by atoms with Crippen molar-refractivity contribution in [3.05, 3.63) is 29.8 Å². The van der Waals surface area contributed by atoms with Crippen LogP contribution in [0.4, 0.5) is 5.69 Å². The summed E-state index contributed by atoms with van der Waals surface area (Å²) in [4.78, 5) is 11.5. The molecule has 0 aliphatic carbocycles. The number of amides is 1. The molecule has 0 aliphatic heterocycles. The Bertz CT molecular complexity index is 419. The molecule has 20 heavy (non-hydrogen) atoms. The Morgan fingerprint density at radius 3 is 2.70 bits per heavy atom. The molecule has 5 nitrogen and oxygen atoms in total. The van der Waals surface area contributed by atoms with E-state index in [-0.39, 0.29) is 12.0 Å². The molecule has 0 saturated carbocycles. The summed E-state index contributed by atoms with van der Waals surface area (Å²) in [6, 6.07) is 7.00. The lowest BCUT2D eigenvalue weighted by Crippen LogP contribution is -2.32. The van der Waals surface area contributed by atoms with Crippen LogP contribution in [0, 0.1) is 0 Å². The van der Waals surface area contributed by atoms with E-state index < -0.39 is 6.04 Å². The summed E-state index contributed by atoms with van der Waals surface area (Å²) in [7, 11) is 0. The number of anilines is 1. The predicted octanol–water partition coefficient (Wildman–Crippen LogP) is 1.91. The second kappa shape index (κ2) is 8.68. The molecule has 1 rings (SSSR count). The maximum Gasteiger partial charge on any atom is 0.240 e. The quantitative estimate of drug-likeness (QED) is 0.713. The van der Waals surface area contributed by atoms with E-state index in [4.69, 9.17) is 15.2 Å². The van der Waals surface area contributed by atoms with E-state index in [2.05, 4.69) is 5.32 Å². The summed E-state index contributed by atoms with van der Waals surface area (Å²) in [5.41, 5.74) is 7.23. The number of benzene rings is 1. The standard InChI is InChI=1S/C15H24N2O3/c1-11(2)20-8-7-19-10-13-5-4-6-14(9-13)17-15(18)12(3)16/h4-6,9,11-12H,7-8,10,16H2,1-3H3,(H,17,18)/t12-/m1/s1. The lowest BCUT2D eigenvalue weighted by atomic mass is 10.2. The summed E-state index contributed by atoms with van der Waals surface area (Å²) in [6.45, 7) is 7.25. The van der Waals surface area contributed by atoms with Crippen molar-refractivity contribution in [2.24, 2.45) is 5.73 Å². The molecule has 1 amide bonds. The number of carbonyl (C=O) groups excluding carboxylic acids is 1. The van der Waals surface area contributed by atoms with E-state index in [1.165, 1.54) is 0 Å². The molecule has 0 aliphatic rings. The molecule has 112 valence electrons. The van der Waals surface area contributed by atoms with Crippen molar-refractivity contribution in [3.8, 4) is 0 Å². The number of hydrogen-bond donors (Lipinski definition) is 2. The molecule has 5 heteroatoms. The largest absolute Gasteiger partial charge is 0.376 e. The van der Waals surface area contributed by atoms with Gasteiger partial charge in [-0.1, -0.05) is 12.1 Å². The van der Waals surface area contributed by atoms with E-state index in [1.54, 1.807) is 6.92 Å². The van der Waals surface area contributed by atoms with Crippen molar-refractivity contribution in [2.75, 3.05) is 18.5 Å². The van der Waals surface area contributed by atoms with Crippen LogP contribution in [-0.4, -0.2) is 31.3 Å². The summed E-state index contributed by atoms with van der Waals surface area (Å²) >= 11 is 0. The maximum absolute atomic E-state index is 11.5. The molecule has 3 N–H and O–H groups in total. The summed E-state index contributed by atoms with van der Waals surface area (Å²) < 4.78 is 10.9. The third-order valence-electron chi connectivity index (χ3n) is 2.56. The Hall–Kier alpha value is -1.43. The zero-order chi connectivity index (χ0) is 15.0. The highest BCUT2D eigenvalue weighted by atomic mass is 16.5. The van der Waals surface area contributed by atoms with Gasteiger partial charge in [0.05, 0.1) is 32.0 Å². The van der Waals surface area contributed by atoms with Crippen LogP contribution in [0.5, 0.6) is 0 Å². The van der Waals surface area contributed by atoms with E-state index in [1.807, 2.05) is 38.1 Å². The highest BCUT2D eigenvalue weighted by molar-refractivity contribution is 5.94. The summed E-state index contributed by atoms with van der Waals surface area (Å²) in [5.74, 6) is -0.201. The van der Waals surface area contributed by atoms with Crippen LogP contribution in [0.15, 0.2) is 24.3 Å². The van der Waals surface area contributed by atoms with Crippen LogP contribution in [0.3, 0.4) is 0 Å². The minimum atomic E-state index is -0.525. The first-order chi connectivity index (χ1) is 9.49. The van der Waals surface area contributed by atoms with Crippen molar-refractivity contribution in [1.29, 1.82) is 0 Å². The highest BCUT2D eigenvalue weighted by Crippen LogP contribution is 2.11. The molecule has 0 spiro atoms. The summed E-state index contributed by atoms with van der Waals surface area (Å²) in [5, 5.41) is 2.75. The second-order valence-electron chi connectivity index (χ2n) is 4.95. The fourth-order valence-electron chi connectivity index (χ4n) is 1.53. The smallest absolute Gasteiger partial charge is 0.240 e. The lowest BCUT2D eigenvalue weighted by molar-refractivity contribution is -0.117. The molecular weight excluding hydrogens is 256 g/mol. The number of hydrogen-bond acceptors (Lipinski definition) is 4. The van der Waals surface area contributed by atoms with Gasteiger partial charge in [0.1, 0.15) is 0 Å². The average Bonchev–Trinajstić information content (AvgIpc) is 2.38. The zero-order valence-electron chi connectivity index (χ0n) is 12.4. The van der Waals surface area contributed by atoms with Crippen molar-refractivity contribution in [3.63, 3.8) is 0 Å². The van der Waals surface area contributed by atoms with Crippen LogP contribution in [-0.2, 0) is 20.9 Å². The first-order valence-electron chi connectivity index (χ1n) is 6.83. The molecule has 0 heterocycles. The molecule has 1 aromatic carbocycles. The predicted molar refractivity (Wildman–Crippen MR) is 79.5 cm³/mol. The van der Waals surface area contributed by atoms with Gasteiger partial charge in [-0.25, -0.2) is 0 Å². The van der Waals surface area contributed by atoms with Crippen molar-refractivity contribution < 1.29 is 14.3 Å². The van der Waals surface area contributed by atoms with Crippen LogP contribution < -0.4 is 11.1 Å². The van der Waals surface area contributed by atoms with Crippen LogP contribution >= 0.6 is 0 Å². The Morgan fingerprint density at radius 1 is 1.30 bits per heavy atom. The third-order valence-corrected chi connectivity index (χ3v) is 2.56. The fraction of sp³-hybridized carbons (Fsp3) is 0.533. The first kappa shape index (κ1) is 16.6. The van der Waals surface area contributed by atoms with Gasteiger partial charge in [0.15, 0.2) is 0 Å². The van der Waals surface area contributed by atoms with Crippen molar-refractivity contribution >= 4 is 11.6 Å². The number of nitrogens with one attached hydrogen (secondary N) is 1. The number of rotatable bonds is 8. The minimum absolute atomic E-state index is 0.201. The number of carbonyl (C=O) groups is 1. The monoisotopic (exact) mass is 280 g/mol. The topological polar surface area (TPSA) is 73.6 Å². The molecule has 0 aromatic heterocycles. The molecule has 0 fully saturated rings. The van der Waals surface area contributed by atoms with E-state index in [0.29, 0.717) is 19.8 Å². The van der Waals surface area contributed by atoms with Crippen molar-refractivity contribution in [1.82, 2.24) is 0 Å². The van der Waals surface area contributed by atoms with E-state index in [0.717, 1.165) is 11.3 Å². The van der Waals surface area contributed by atoms with Gasteiger partial charge in [-0.15, -0.1) is 0 Å². The molecule has 0 bridgehead atoms. The van der Waals surface area contributed by atoms with Gasteiger partial charge in [0.25, 0.3) is 0 Å². The van der Waals surface area contributed by atoms with Gasteiger partial charge in [0.2, 0.25) is 5.91 Å². The fourth-order valence-corrected chi connectivity index (χ4v) is 1.53. The number of ether oxygens (including phenoxy) is 2. The zero-order valence-corrected chi connectivity index (χ0v) is 12.4. The number of nitrogens with two attached hydrogens (primary N) is 1. The van der Waals surface area contributed by atoms with Gasteiger partial charge in [0, 0.05) is 5.69 Å². The third kappa shape index (κ3) is 6.65. The van der Waals surface area contributed by atoms with Gasteiger partial charge in [-0.3, -0.25) is 4.79 Å². The Kier molecular flexibility index (Phi) is 7.22. The molecule has 1 aromatic rings. The Balaban J connectivity index is 2.38. The maximum atomic E-state index is 11.5. The first-order valence-corrected chi connectivity index (χ1v) is 6.83. The minimum Gasteiger partial charge on any atom is -0.376 e. The SMILES string of the molecule is CC(C)OCCOCc1cccc(NC(=O)[C@@H](C)N)c1. The van der Waals surface area contributed by atoms with Gasteiger partial charge < -0.3 is 20.5 Å². The normalized spacial score (nSPS) is 12.4. The molecule has 1 atom stereocenters. The van der Waals surface area contributed by atoms with Crippen LogP contribution in [0.1, 0.15) is 26.3 Å². The molecule has 0 saturated heterocycles. The molecular formula is C15H24N2O3. The lowest BCUT2D eigenvalue weighted by Gasteiger charge is -2.10. The van der Waals surface area contributed by atoms with Gasteiger partial charge >= 0.3 is 0 Å². The van der Waals surface area contributed by atoms with Gasteiger partial charge in [-0.05, 0) is 38.5 Å². The Morgan fingerprint density at radius 2 is 2.05 bits per heavy atom. The van der Waals surface area contributed by atoms with E-state index >= 15 is 0 Å².